The van der Waals surface area contributed by atoms with Crippen molar-refractivity contribution in [3.63, 3.8) is 0 Å². The third-order valence-electron chi connectivity index (χ3n) is 4.32. The van der Waals surface area contributed by atoms with Gasteiger partial charge in [-0.15, -0.1) is 0 Å². The largest absolute Gasteiger partial charge is 0.444 e. The summed E-state index contributed by atoms with van der Waals surface area (Å²) in [5.74, 6) is 0.210. The third kappa shape index (κ3) is 7.53. The average Bonchev–Trinajstić information content (AvgIpc) is 3.22. The number of aromatic nitrogens is 2. The number of rotatable bonds is 7. The van der Waals surface area contributed by atoms with Crippen LogP contribution in [0.25, 0.3) is 0 Å². The third-order valence-corrected chi connectivity index (χ3v) is 4.32. The summed E-state index contributed by atoms with van der Waals surface area (Å²) in [5, 5.41) is 2.79. The second kappa shape index (κ2) is 10.2. The second-order valence-electron chi connectivity index (χ2n) is 8.20. The van der Waals surface area contributed by atoms with E-state index in [4.69, 9.17) is 14.2 Å². The van der Waals surface area contributed by atoms with Crippen LogP contribution in [0.15, 0.2) is 42.7 Å². The molecule has 1 aromatic carbocycles. The van der Waals surface area contributed by atoms with Gasteiger partial charge in [-0.25, -0.2) is 14.8 Å². The average molecular weight is 428 g/mol. The minimum atomic E-state index is -0.652. The number of nitrogens with zero attached hydrogens (tertiary/aromatic N) is 3. The summed E-state index contributed by atoms with van der Waals surface area (Å²) < 4.78 is 16.6. The number of ether oxygens (including phenoxy) is 3. The van der Waals surface area contributed by atoms with Crippen LogP contribution in [0, 0.1) is 0 Å². The van der Waals surface area contributed by atoms with E-state index in [0.717, 1.165) is 12.8 Å². The van der Waals surface area contributed by atoms with Crippen molar-refractivity contribution in [1.82, 2.24) is 14.9 Å². The zero-order valence-electron chi connectivity index (χ0n) is 18.0. The summed E-state index contributed by atoms with van der Waals surface area (Å²) >= 11 is 0. The van der Waals surface area contributed by atoms with Gasteiger partial charge in [0.1, 0.15) is 17.9 Å². The van der Waals surface area contributed by atoms with Gasteiger partial charge in [-0.2, -0.15) is 0 Å². The van der Waals surface area contributed by atoms with Gasteiger partial charge in [0.15, 0.2) is 0 Å². The van der Waals surface area contributed by atoms with Gasteiger partial charge in [0, 0.05) is 24.7 Å². The van der Waals surface area contributed by atoms with Crippen LogP contribution in [0.5, 0.6) is 11.8 Å². The van der Waals surface area contributed by atoms with Crippen molar-refractivity contribution >= 4 is 17.7 Å². The first-order valence-corrected chi connectivity index (χ1v) is 10.2. The van der Waals surface area contributed by atoms with Crippen molar-refractivity contribution in [3.8, 4) is 11.8 Å². The Hall–Kier alpha value is -3.20. The summed E-state index contributed by atoms with van der Waals surface area (Å²) in [7, 11) is 0. The number of anilines is 1. The lowest BCUT2D eigenvalue weighted by Gasteiger charge is -2.28. The topological polar surface area (TPSA) is 103 Å². The maximum atomic E-state index is 12.6. The number of nitrogens with one attached hydrogen (secondary N) is 1. The molecule has 3 rings (SSSR count). The van der Waals surface area contributed by atoms with E-state index in [9.17, 15) is 9.59 Å². The highest BCUT2D eigenvalue weighted by molar-refractivity contribution is 5.93. The summed E-state index contributed by atoms with van der Waals surface area (Å²) in [6.45, 7) is 6.22. The van der Waals surface area contributed by atoms with Crippen molar-refractivity contribution in [2.45, 2.75) is 45.3 Å². The number of carbonyl (C=O) groups excluding carboxylic acids is 2. The van der Waals surface area contributed by atoms with Crippen molar-refractivity contribution in [2.75, 3.05) is 25.0 Å². The smallest absolute Gasteiger partial charge is 0.410 e. The van der Waals surface area contributed by atoms with Crippen molar-refractivity contribution in [1.29, 1.82) is 0 Å². The van der Waals surface area contributed by atoms with Crippen molar-refractivity contribution in [3.05, 3.63) is 42.7 Å². The Morgan fingerprint density at radius 1 is 1.19 bits per heavy atom. The summed E-state index contributed by atoms with van der Waals surface area (Å²) in [6, 6.07) is 8.74. The molecule has 9 heteroatoms. The van der Waals surface area contributed by atoms with Gasteiger partial charge in [0.05, 0.1) is 12.6 Å². The molecular weight excluding hydrogens is 400 g/mol. The Bertz CT molecular complexity index is 862. The van der Waals surface area contributed by atoms with E-state index in [2.05, 4.69) is 15.3 Å². The highest BCUT2D eigenvalue weighted by atomic mass is 16.6. The second-order valence-corrected chi connectivity index (χ2v) is 8.20. The van der Waals surface area contributed by atoms with Crippen LogP contribution < -0.4 is 10.1 Å². The zero-order valence-corrected chi connectivity index (χ0v) is 18.0. The molecule has 1 aliphatic heterocycles. The van der Waals surface area contributed by atoms with Crippen LogP contribution in [-0.2, 0) is 14.3 Å². The first-order valence-electron chi connectivity index (χ1n) is 10.2. The van der Waals surface area contributed by atoms with E-state index in [-0.39, 0.29) is 24.6 Å². The van der Waals surface area contributed by atoms with Gasteiger partial charge in [0.25, 0.3) is 0 Å². The molecular formula is C22H28N4O5. The lowest BCUT2D eigenvalue weighted by molar-refractivity contribution is -0.117. The summed E-state index contributed by atoms with van der Waals surface area (Å²) in [6.07, 6.45) is 4.35. The molecule has 1 N–H and O–H groups in total. The molecule has 1 atom stereocenters. The monoisotopic (exact) mass is 428 g/mol. The molecule has 0 spiro atoms. The van der Waals surface area contributed by atoms with Gasteiger partial charge < -0.3 is 19.5 Å². The molecule has 9 nitrogen and oxygen atoms in total. The highest BCUT2D eigenvalue weighted by Crippen LogP contribution is 2.20. The molecule has 2 amide bonds. The Morgan fingerprint density at radius 2 is 1.90 bits per heavy atom. The summed E-state index contributed by atoms with van der Waals surface area (Å²) in [4.78, 5) is 34.6. The van der Waals surface area contributed by atoms with E-state index >= 15 is 0 Å². The standard InChI is InChI=1S/C22H28N4O5/c1-22(2,3)31-21(28)26(14-18-6-4-13-29-18)15-19(27)25-16-7-9-17(10-8-16)30-20-23-11-5-12-24-20/h5,7-12,18H,4,6,13-15H2,1-3H3,(H,25,27)/t18-/m1/s1. The number of benzene rings is 1. The van der Waals surface area contributed by atoms with Crippen LogP contribution in [0.3, 0.4) is 0 Å². The molecule has 31 heavy (non-hydrogen) atoms. The first-order chi connectivity index (χ1) is 14.8. The molecule has 0 radical (unpaired) electrons. The van der Waals surface area contributed by atoms with E-state index in [1.54, 1.807) is 63.5 Å². The van der Waals surface area contributed by atoms with Crippen LogP contribution in [0.2, 0.25) is 0 Å². The quantitative estimate of drug-likeness (QED) is 0.718. The molecule has 2 heterocycles. The molecule has 1 aliphatic rings. The normalized spacial score (nSPS) is 15.9. The highest BCUT2D eigenvalue weighted by Gasteiger charge is 2.28. The number of hydrogen-bond donors (Lipinski definition) is 1. The van der Waals surface area contributed by atoms with E-state index in [1.165, 1.54) is 4.90 Å². The van der Waals surface area contributed by atoms with Gasteiger partial charge >= 0.3 is 12.1 Å². The fourth-order valence-corrected chi connectivity index (χ4v) is 2.99. The number of carbonyl (C=O) groups is 2. The molecule has 2 aromatic rings. The van der Waals surface area contributed by atoms with Crippen LogP contribution >= 0.6 is 0 Å². The minimum Gasteiger partial charge on any atom is -0.444 e. The predicted octanol–water partition coefficient (Wildman–Crippen LogP) is 3.62. The Labute approximate surface area is 181 Å². The fourth-order valence-electron chi connectivity index (χ4n) is 2.99. The van der Waals surface area contributed by atoms with Crippen LogP contribution in [0.1, 0.15) is 33.6 Å². The lowest BCUT2D eigenvalue weighted by atomic mass is 10.2. The fraction of sp³-hybridized carbons (Fsp3) is 0.455. The zero-order chi connectivity index (χ0) is 22.3. The summed E-state index contributed by atoms with van der Waals surface area (Å²) in [5.41, 5.74) is -0.0757. The first kappa shape index (κ1) is 22.5. The Morgan fingerprint density at radius 3 is 2.52 bits per heavy atom. The molecule has 0 saturated carbocycles. The van der Waals surface area contributed by atoms with Gasteiger partial charge in [-0.05, 0) is 63.9 Å². The number of hydrogen-bond acceptors (Lipinski definition) is 7. The van der Waals surface area contributed by atoms with Crippen LogP contribution in [0.4, 0.5) is 10.5 Å². The lowest BCUT2D eigenvalue weighted by Crippen LogP contribution is -2.44. The molecule has 1 saturated heterocycles. The van der Waals surface area contributed by atoms with Crippen LogP contribution in [-0.4, -0.2) is 58.3 Å². The Balaban J connectivity index is 1.58. The predicted molar refractivity (Wildman–Crippen MR) is 114 cm³/mol. The number of amides is 2. The maximum Gasteiger partial charge on any atom is 0.410 e. The van der Waals surface area contributed by atoms with Gasteiger partial charge in [0.2, 0.25) is 5.91 Å². The molecule has 0 unspecified atom stereocenters. The van der Waals surface area contributed by atoms with E-state index in [1.807, 2.05) is 0 Å². The SMILES string of the molecule is CC(C)(C)OC(=O)N(CC(=O)Nc1ccc(Oc2ncccn2)cc1)C[C@H]1CCCO1. The van der Waals surface area contributed by atoms with E-state index < -0.39 is 11.7 Å². The van der Waals surface area contributed by atoms with Crippen molar-refractivity contribution < 1.29 is 23.8 Å². The van der Waals surface area contributed by atoms with E-state index in [0.29, 0.717) is 24.6 Å². The van der Waals surface area contributed by atoms with Gasteiger partial charge in [-0.1, -0.05) is 0 Å². The molecule has 1 fully saturated rings. The molecule has 166 valence electrons. The van der Waals surface area contributed by atoms with Crippen molar-refractivity contribution in [2.24, 2.45) is 0 Å². The molecule has 0 bridgehead atoms. The maximum absolute atomic E-state index is 12.6. The minimum absolute atomic E-state index is 0.0862. The Kier molecular flexibility index (Phi) is 7.41. The molecule has 0 aliphatic carbocycles. The molecule has 1 aromatic heterocycles. The van der Waals surface area contributed by atoms with Gasteiger partial charge in [-0.3, -0.25) is 9.69 Å².